The SMILES string of the molecule is OC[C@H]1O[C@@H](C2CCC=Nc3c(-c4ccccc4Oc4ccccc4)ncnc32)C[C@@H]1O. The van der Waals surface area contributed by atoms with Crippen LogP contribution in [0.5, 0.6) is 11.5 Å². The number of rotatable bonds is 5. The molecule has 0 saturated carbocycles. The molecule has 1 saturated heterocycles. The molecule has 7 heteroatoms. The molecule has 0 amide bonds. The monoisotopic (exact) mass is 431 g/mol. The zero-order chi connectivity index (χ0) is 21.9. The van der Waals surface area contributed by atoms with E-state index in [4.69, 9.17) is 14.5 Å². The van der Waals surface area contributed by atoms with Crippen molar-refractivity contribution >= 4 is 11.9 Å². The number of ether oxygens (including phenoxy) is 2. The van der Waals surface area contributed by atoms with Gasteiger partial charge in [-0.05, 0) is 37.1 Å². The first-order chi connectivity index (χ1) is 15.7. The predicted molar refractivity (Wildman–Crippen MR) is 120 cm³/mol. The molecule has 3 aromatic rings. The van der Waals surface area contributed by atoms with Crippen molar-refractivity contribution in [3.8, 4) is 22.8 Å². The van der Waals surface area contributed by atoms with Crippen molar-refractivity contribution in [2.24, 2.45) is 4.99 Å². The van der Waals surface area contributed by atoms with Gasteiger partial charge in [-0.3, -0.25) is 4.99 Å². The maximum absolute atomic E-state index is 10.3. The van der Waals surface area contributed by atoms with Crippen LogP contribution in [0.4, 0.5) is 5.69 Å². The van der Waals surface area contributed by atoms with Crippen molar-refractivity contribution in [3.63, 3.8) is 0 Å². The average molecular weight is 431 g/mol. The number of nitrogens with zero attached hydrogens (tertiary/aromatic N) is 3. The van der Waals surface area contributed by atoms with Crippen molar-refractivity contribution in [3.05, 3.63) is 66.6 Å². The summed E-state index contributed by atoms with van der Waals surface area (Å²) in [6.07, 6.45) is 3.99. The van der Waals surface area contributed by atoms with Crippen molar-refractivity contribution in [2.75, 3.05) is 6.61 Å². The van der Waals surface area contributed by atoms with Crippen LogP contribution in [0.25, 0.3) is 11.3 Å². The highest BCUT2D eigenvalue weighted by atomic mass is 16.5. The van der Waals surface area contributed by atoms with Gasteiger partial charge in [0.05, 0.1) is 24.5 Å². The minimum atomic E-state index is -0.682. The lowest BCUT2D eigenvalue weighted by Crippen LogP contribution is -2.25. The summed E-state index contributed by atoms with van der Waals surface area (Å²) in [4.78, 5) is 13.9. The number of para-hydroxylation sites is 2. The summed E-state index contributed by atoms with van der Waals surface area (Å²) in [7, 11) is 0. The second-order valence-corrected chi connectivity index (χ2v) is 8.06. The largest absolute Gasteiger partial charge is 0.457 e. The van der Waals surface area contributed by atoms with E-state index in [1.807, 2.05) is 60.8 Å². The van der Waals surface area contributed by atoms with Crippen LogP contribution in [0.2, 0.25) is 0 Å². The highest BCUT2D eigenvalue weighted by Gasteiger charge is 2.40. The topological polar surface area (TPSA) is 97.1 Å². The summed E-state index contributed by atoms with van der Waals surface area (Å²) in [5.74, 6) is 1.37. The van der Waals surface area contributed by atoms with Gasteiger partial charge in [-0.2, -0.15) is 0 Å². The van der Waals surface area contributed by atoms with Crippen molar-refractivity contribution in [2.45, 2.75) is 43.5 Å². The number of benzene rings is 2. The lowest BCUT2D eigenvalue weighted by Gasteiger charge is -2.23. The molecule has 2 N–H and O–H groups in total. The van der Waals surface area contributed by atoms with Crippen LogP contribution in [0.3, 0.4) is 0 Å². The Morgan fingerprint density at radius 2 is 1.84 bits per heavy atom. The molecule has 32 heavy (non-hydrogen) atoms. The summed E-state index contributed by atoms with van der Waals surface area (Å²) < 4.78 is 12.1. The molecule has 1 fully saturated rings. The number of aliphatic hydroxyl groups is 2. The smallest absolute Gasteiger partial charge is 0.136 e. The number of hydrogen-bond acceptors (Lipinski definition) is 7. The van der Waals surface area contributed by atoms with Crippen LogP contribution in [0, 0.1) is 0 Å². The Bertz CT molecular complexity index is 1110. The number of aromatic nitrogens is 2. The molecule has 5 rings (SSSR count). The van der Waals surface area contributed by atoms with E-state index in [2.05, 4.69) is 9.97 Å². The summed E-state index contributed by atoms with van der Waals surface area (Å²) in [6.45, 7) is -0.201. The van der Waals surface area contributed by atoms with Crippen LogP contribution in [-0.4, -0.2) is 51.3 Å². The standard InChI is InChI=1S/C25H25N3O4/c29-14-22-19(30)13-21(32-22)18-10-6-12-26-25-23(27-15-28-24(18)25)17-9-4-5-11-20(17)31-16-7-2-1-3-8-16/h1-5,7-9,11-12,15,18-19,21-22,29-30H,6,10,13-14H2/t18?,19-,21+,22+/m0/s1. The van der Waals surface area contributed by atoms with E-state index in [0.29, 0.717) is 23.6 Å². The van der Waals surface area contributed by atoms with Gasteiger partial charge in [0, 0.05) is 24.1 Å². The highest BCUT2D eigenvalue weighted by Crippen LogP contribution is 2.44. The molecule has 2 aliphatic heterocycles. The summed E-state index contributed by atoms with van der Waals surface area (Å²) >= 11 is 0. The van der Waals surface area contributed by atoms with Crippen molar-refractivity contribution in [1.82, 2.24) is 9.97 Å². The van der Waals surface area contributed by atoms with Gasteiger partial charge in [-0.15, -0.1) is 0 Å². The summed E-state index contributed by atoms with van der Waals surface area (Å²) in [5.41, 5.74) is 3.02. The Morgan fingerprint density at radius 3 is 2.66 bits per heavy atom. The van der Waals surface area contributed by atoms with Crippen molar-refractivity contribution < 1.29 is 19.7 Å². The molecule has 0 aliphatic carbocycles. The second-order valence-electron chi connectivity index (χ2n) is 8.06. The maximum atomic E-state index is 10.3. The zero-order valence-corrected chi connectivity index (χ0v) is 17.5. The molecule has 1 unspecified atom stereocenters. The molecule has 0 bridgehead atoms. The Hall–Kier alpha value is -3.13. The molecule has 2 aromatic carbocycles. The molecule has 164 valence electrons. The highest BCUT2D eigenvalue weighted by molar-refractivity contribution is 5.81. The average Bonchev–Trinajstić information content (AvgIpc) is 3.06. The molecular formula is C25H25N3O4. The van der Waals surface area contributed by atoms with E-state index in [0.717, 1.165) is 29.8 Å². The van der Waals surface area contributed by atoms with E-state index < -0.39 is 12.2 Å². The van der Waals surface area contributed by atoms with E-state index >= 15 is 0 Å². The van der Waals surface area contributed by atoms with E-state index in [1.54, 1.807) is 6.33 Å². The van der Waals surface area contributed by atoms with Gasteiger partial charge in [0.1, 0.15) is 35.3 Å². The van der Waals surface area contributed by atoms with Gasteiger partial charge >= 0.3 is 0 Å². The number of hydrogen-bond donors (Lipinski definition) is 2. The first kappa shape index (κ1) is 20.8. The predicted octanol–water partition coefficient (Wildman–Crippen LogP) is 4.03. The number of fused-ring (bicyclic) bond motifs is 1. The normalized spacial score (nSPS) is 24.7. The zero-order valence-electron chi connectivity index (χ0n) is 17.5. The lowest BCUT2D eigenvalue weighted by atomic mass is 9.89. The van der Waals surface area contributed by atoms with Crippen LogP contribution < -0.4 is 4.74 Å². The van der Waals surface area contributed by atoms with Gasteiger partial charge in [-0.1, -0.05) is 30.3 Å². The van der Waals surface area contributed by atoms with Crippen LogP contribution in [0.15, 0.2) is 65.9 Å². The fourth-order valence-corrected chi connectivity index (χ4v) is 4.45. The molecule has 7 nitrogen and oxygen atoms in total. The lowest BCUT2D eigenvalue weighted by molar-refractivity contribution is -0.0295. The van der Waals surface area contributed by atoms with E-state index in [-0.39, 0.29) is 18.6 Å². The van der Waals surface area contributed by atoms with Crippen LogP contribution in [0.1, 0.15) is 30.9 Å². The first-order valence-corrected chi connectivity index (χ1v) is 10.9. The molecule has 3 heterocycles. The Morgan fingerprint density at radius 1 is 1.03 bits per heavy atom. The van der Waals surface area contributed by atoms with Gasteiger partial charge < -0.3 is 19.7 Å². The third-order valence-corrected chi connectivity index (χ3v) is 6.02. The van der Waals surface area contributed by atoms with Gasteiger partial charge in [0.25, 0.3) is 0 Å². The Labute approximate surface area is 186 Å². The first-order valence-electron chi connectivity index (χ1n) is 10.9. The third-order valence-electron chi connectivity index (χ3n) is 6.02. The second kappa shape index (κ2) is 9.16. The van der Waals surface area contributed by atoms with Crippen LogP contribution in [-0.2, 0) is 4.74 Å². The minimum Gasteiger partial charge on any atom is -0.457 e. The molecule has 0 radical (unpaired) electrons. The number of aliphatic imine (C=N–C) groups is 1. The van der Waals surface area contributed by atoms with Crippen LogP contribution >= 0.6 is 0 Å². The molecule has 4 atom stereocenters. The fraction of sp³-hybridized carbons (Fsp3) is 0.320. The van der Waals surface area contributed by atoms with E-state index in [9.17, 15) is 10.2 Å². The molecule has 1 aromatic heterocycles. The van der Waals surface area contributed by atoms with E-state index in [1.165, 1.54) is 0 Å². The molecular weight excluding hydrogens is 406 g/mol. The van der Waals surface area contributed by atoms with Gasteiger partial charge in [0.2, 0.25) is 0 Å². The number of aliphatic hydroxyl groups excluding tert-OH is 2. The Balaban J connectivity index is 1.54. The van der Waals surface area contributed by atoms with Crippen molar-refractivity contribution in [1.29, 1.82) is 0 Å². The quantitative estimate of drug-likeness (QED) is 0.633. The van der Waals surface area contributed by atoms with Gasteiger partial charge in [0.15, 0.2) is 0 Å². The van der Waals surface area contributed by atoms with Gasteiger partial charge in [-0.25, -0.2) is 9.97 Å². The third kappa shape index (κ3) is 4.02. The fourth-order valence-electron chi connectivity index (χ4n) is 4.45. The summed E-state index contributed by atoms with van der Waals surface area (Å²) in [6, 6.07) is 17.4. The minimum absolute atomic E-state index is 0.0531. The molecule has 2 aliphatic rings. The molecule has 0 spiro atoms. The Kier molecular flexibility index (Phi) is 5.94. The summed E-state index contributed by atoms with van der Waals surface area (Å²) in [5, 5.41) is 19.8. The maximum Gasteiger partial charge on any atom is 0.136 e.